The molecule has 0 amide bonds. The molecule has 5 heteroatoms. The molecular formula is C6H4F3N2. The SMILES string of the molecule is [CH2]c1ncncc1C(F)(F)F. The Morgan fingerprint density at radius 1 is 1.36 bits per heavy atom. The molecule has 0 atom stereocenters. The molecule has 0 saturated heterocycles. The Bertz CT molecular complexity index is 256. The highest BCUT2D eigenvalue weighted by Crippen LogP contribution is 2.29. The highest BCUT2D eigenvalue weighted by Gasteiger charge is 2.33. The minimum absolute atomic E-state index is 0.299. The lowest BCUT2D eigenvalue weighted by molar-refractivity contribution is -0.138. The minimum Gasteiger partial charge on any atom is -0.244 e. The lowest BCUT2D eigenvalue weighted by atomic mass is 10.2. The number of hydrogen-bond donors (Lipinski definition) is 0. The van der Waals surface area contributed by atoms with Crippen molar-refractivity contribution in [1.82, 2.24) is 9.97 Å². The quantitative estimate of drug-likeness (QED) is 0.578. The van der Waals surface area contributed by atoms with Gasteiger partial charge in [-0.1, -0.05) is 0 Å². The minimum atomic E-state index is -4.40. The van der Waals surface area contributed by atoms with Crippen LogP contribution in [0, 0.1) is 6.92 Å². The van der Waals surface area contributed by atoms with Crippen molar-refractivity contribution in [1.29, 1.82) is 0 Å². The molecule has 1 heterocycles. The van der Waals surface area contributed by atoms with Gasteiger partial charge in [0.15, 0.2) is 0 Å². The third kappa shape index (κ3) is 1.66. The molecule has 0 aliphatic heterocycles. The van der Waals surface area contributed by atoms with Gasteiger partial charge in [-0.05, 0) is 6.92 Å². The molecular weight excluding hydrogens is 157 g/mol. The largest absolute Gasteiger partial charge is 0.419 e. The molecule has 1 aromatic heterocycles. The van der Waals surface area contributed by atoms with Gasteiger partial charge in [-0.15, -0.1) is 0 Å². The molecule has 1 rings (SSSR count). The lowest BCUT2D eigenvalue weighted by Gasteiger charge is -2.06. The molecule has 59 valence electrons. The third-order valence-electron chi connectivity index (χ3n) is 1.10. The first kappa shape index (κ1) is 7.97. The monoisotopic (exact) mass is 161 g/mol. The van der Waals surface area contributed by atoms with Crippen LogP contribution in [0.4, 0.5) is 13.2 Å². The number of rotatable bonds is 0. The molecule has 1 aromatic rings. The van der Waals surface area contributed by atoms with Gasteiger partial charge in [0.1, 0.15) is 6.33 Å². The van der Waals surface area contributed by atoms with E-state index in [2.05, 4.69) is 16.9 Å². The maximum Gasteiger partial charge on any atom is 0.419 e. The van der Waals surface area contributed by atoms with Crippen molar-refractivity contribution in [2.24, 2.45) is 0 Å². The average molecular weight is 161 g/mol. The Morgan fingerprint density at radius 2 is 2.00 bits per heavy atom. The van der Waals surface area contributed by atoms with Crippen LogP contribution in [0.5, 0.6) is 0 Å². The average Bonchev–Trinajstić information content (AvgIpc) is 1.86. The van der Waals surface area contributed by atoms with Gasteiger partial charge >= 0.3 is 6.18 Å². The van der Waals surface area contributed by atoms with Crippen molar-refractivity contribution in [3.05, 3.63) is 30.7 Å². The Balaban J connectivity index is 3.14. The number of hydrogen-bond acceptors (Lipinski definition) is 2. The topological polar surface area (TPSA) is 25.8 Å². The Kier molecular flexibility index (Phi) is 1.80. The Labute approximate surface area is 61.1 Å². The summed E-state index contributed by atoms with van der Waals surface area (Å²) in [4.78, 5) is 6.54. The molecule has 0 saturated carbocycles. The van der Waals surface area contributed by atoms with Gasteiger partial charge in [0.05, 0.1) is 11.3 Å². The fraction of sp³-hybridized carbons (Fsp3) is 0.167. The van der Waals surface area contributed by atoms with Crippen LogP contribution in [0.1, 0.15) is 11.3 Å². The van der Waals surface area contributed by atoms with Gasteiger partial charge < -0.3 is 0 Å². The van der Waals surface area contributed by atoms with Crippen molar-refractivity contribution in [2.45, 2.75) is 6.18 Å². The predicted octanol–water partition coefficient (Wildman–Crippen LogP) is 1.68. The highest BCUT2D eigenvalue weighted by atomic mass is 19.4. The molecule has 0 bridgehead atoms. The van der Waals surface area contributed by atoms with Gasteiger partial charge in [-0.3, -0.25) is 0 Å². The smallest absolute Gasteiger partial charge is 0.244 e. The van der Waals surface area contributed by atoms with E-state index in [-0.39, 0.29) is 5.69 Å². The fourth-order valence-corrected chi connectivity index (χ4v) is 0.592. The van der Waals surface area contributed by atoms with Gasteiger partial charge in [0, 0.05) is 6.20 Å². The standard InChI is InChI=1S/C6H4F3N2/c1-4-5(6(7,8)9)2-10-3-11-4/h2-3H,1H2. The maximum absolute atomic E-state index is 11.9. The van der Waals surface area contributed by atoms with Crippen LogP contribution >= 0.6 is 0 Å². The lowest BCUT2D eigenvalue weighted by Crippen LogP contribution is -2.08. The van der Waals surface area contributed by atoms with E-state index in [1.807, 2.05) is 0 Å². The zero-order valence-corrected chi connectivity index (χ0v) is 5.39. The Morgan fingerprint density at radius 3 is 2.36 bits per heavy atom. The van der Waals surface area contributed by atoms with Crippen molar-refractivity contribution >= 4 is 0 Å². The van der Waals surface area contributed by atoms with E-state index in [1.165, 1.54) is 0 Å². The molecule has 2 nitrogen and oxygen atoms in total. The van der Waals surface area contributed by atoms with Crippen LogP contribution in [-0.4, -0.2) is 9.97 Å². The summed E-state index contributed by atoms with van der Waals surface area (Å²) in [7, 11) is 0. The molecule has 0 aromatic carbocycles. The van der Waals surface area contributed by atoms with E-state index in [9.17, 15) is 13.2 Å². The first-order valence-electron chi connectivity index (χ1n) is 2.71. The summed E-state index contributed by atoms with van der Waals surface area (Å²) < 4.78 is 35.8. The van der Waals surface area contributed by atoms with E-state index < -0.39 is 11.7 Å². The van der Waals surface area contributed by atoms with Gasteiger partial charge in [-0.25, -0.2) is 9.97 Å². The number of alkyl halides is 3. The zero-order valence-electron chi connectivity index (χ0n) is 5.39. The second kappa shape index (κ2) is 2.48. The molecule has 0 unspecified atom stereocenters. The second-order valence-electron chi connectivity index (χ2n) is 1.88. The zero-order chi connectivity index (χ0) is 8.48. The summed E-state index contributed by atoms with van der Waals surface area (Å²) >= 11 is 0. The first-order chi connectivity index (χ1) is 5.02. The molecule has 0 aliphatic carbocycles. The van der Waals surface area contributed by atoms with Gasteiger partial charge in [0.2, 0.25) is 0 Å². The summed E-state index contributed by atoms with van der Waals surface area (Å²) in [6.07, 6.45) is -2.68. The van der Waals surface area contributed by atoms with E-state index in [0.717, 1.165) is 6.33 Å². The second-order valence-corrected chi connectivity index (χ2v) is 1.88. The van der Waals surface area contributed by atoms with Gasteiger partial charge in [0.25, 0.3) is 0 Å². The molecule has 0 aliphatic rings. The maximum atomic E-state index is 11.9. The Hall–Kier alpha value is -1.13. The number of nitrogens with zero attached hydrogens (tertiary/aromatic N) is 2. The van der Waals surface area contributed by atoms with E-state index >= 15 is 0 Å². The van der Waals surface area contributed by atoms with E-state index in [0.29, 0.717) is 6.20 Å². The van der Waals surface area contributed by atoms with Gasteiger partial charge in [-0.2, -0.15) is 13.2 Å². The predicted molar refractivity (Wildman–Crippen MR) is 31.5 cm³/mol. The van der Waals surface area contributed by atoms with Crippen LogP contribution in [0.3, 0.4) is 0 Å². The highest BCUT2D eigenvalue weighted by molar-refractivity contribution is 5.21. The summed E-state index contributed by atoms with van der Waals surface area (Å²) in [6.45, 7) is 3.12. The van der Waals surface area contributed by atoms with E-state index in [1.54, 1.807) is 0 Å². The molecule has 0 fully saturated rings. The van der Waals surface area contributed by atoms with Crippen molar-refractivity contribution in [3.63, 3.8) is 0 Å². The molecule has 0 spiro atoms. The van der Waals surface area contributed by atoms with E-state index in [4.69, 9.17) is 0 Å². The van der Waals surface area contributed by atoms with Crippen LogP contribution in [0.2, 0.25) is 0 Å². The third-order valence-corrected chi connectivity index (χ3v) is 1.10. The van der Waals surface area contributed by atoms with Crippen molar-refractivity contribution < 1.29 is 13.2 Å². The first-order valence-corrected chi connectivity index (χ1v) is 2.71. The number of aromatic nitrogens is 2. The normalized spacial score (nSPS) is 11.6. The van der Waals surface area contributed by atoms with Crippen LogP contribution in [-0.2, 0) is 6.18 Å². The number of halogens is 3. The molecule has 0 N–H and O–H groups in total. The van der Waals surface area contributed by atoms with Crippen LogP contribution in [0.15, 0.2) is 12.5 Å². The summed E-state index contributed by atoms with van der Waals surface area (Å²) in [5, 5.41) is 0. The van der Waals surface area contributed by atoms with Crippen LogP contribution in [0.25, 0.3) is 0 Å². The summed E-state index contributed by atoms with van der Waals surface area (Å²) in [5.41, 5.74) is -1.19. The molecule has 1 radical (unpaired) electrons. The van der Waals surface area contributed by atoms with Crippen molar-refractivity contribution in [3.8, 4) is 0 Å². The van der Waals surface area contributed by atoms with Crippen molar-refractivity contribution in [2.75, 3.05) is 0 Å². The summed E-state index contributed by atoms with van der Waals surface area (Å²) in [6, 6.07) is 0. The molecule has 11 heavy (non-hydrogen) atoms. The summed E-state index contributed by atoms with van der Waals surface area (Å²) in [5.74, 6) is 0. The van der Waals surface area contributed by atoms with Crippen LogP contribution < -0.4 is 0 Å². The fourth-order valence-electron chi connectivity index (χ4n) is 0.592.